The summed E-state index contributed by atoms with van der Waals surface area (Å²) in [6.45, 7) is 3.81. The number of ether oxygens (including phenoxy) is 1. The summed E-state index contributed by atoms with van der Waals surface area (Å²) in [5.74, 6) is 5.92. The molecule has 1 aromatic heterocycles. The van der Waals surface area contributed by atoms with E-state index >= 15 is 0 Å². The Balaban J connectivity index is 2.31. The van der Waals surface area contributed by atoms with Crippen LogP contribution in [0.4, 0.5) is 0 Å². The summed E-state index contributed by atoms with van der Waals surface area (Å²) >= 11 is 1.68. The largest absolute Gasteiger partial charge is 0.395 e. The highest BCUT2D eigenvalue weighted by Gasteiger charge is 1.97. The number of thiophene rings is 1. The van der Waals surface area contributed by atoms with Gasteiger partial charge < -0.3 is 9.84 Å². The van der Waals surface area contributed by atoms with Gasteiger partial charge in [-0.3, -0.25) is 0 Å². The van der Waals surface area contributed by atoms with Crippen molar-refractivity contribution < 1.29 is 9.84 Å². The van der Waals surface area contributed by atoms with Crippen LogP contribution in [0.25, 0.3) is 0 Å². The second-order valence-electron chi connectivity index (χ2n) is 3.48. The molecule has 16 heavy (non-hydrogen) atoms. The van der Waals surface area contributed by atoms with E-state index in [9.17, 15) is 0 Å². The molecule has 0 aromatic carbocycles. The molecule has 1 rings (SSSR count). The third-order valence-electron chi connectivity index (χ3n) is 2.01. The molecular formula is C13H18O2S. The number of rotatable bonds is 6. The molecule has 0 spiro atoms. The zero-order valence-corrected chi connectivity index (χ0v) is 10.5. The summed E-state index contributed by atoms with van der Waals surface area (Å²) in [7, 11) is 0. The minimum atomic E-state index is 0.129. The topological polar surface area (TPSA) is 29.5 Å². The van der Waals surface area contributed by atoms with Gasteiger partial charge in [-0.05, 0) is 12.5 Å². The van der Waals surface area contributed by atoms with Crippen molar-refractivity contribution in [2.45, 2.75) is 32.8 Å². The van der Waals surface area contributed by atoms with Crippen molar-refractivity contribution in [2.24, 2.45) is 0 Å². The van der Waals surface area contributed by atoms with Crippen LogP contribution in [0.2, 0.25) is 0 Å². The average Bonchev–Trinajstić information content (AvgIpc) is 2.73. The van der Waals surface area contributed by atoms with Crippen LogP contribution in [0.1, 0.15) is 36.6 Å². The van der Waals surface area contributed by atoms with Crippen LogP contribution in [0, 0.1) is 11.8 Å². The Bertz CT molecular complexity index is 346. The summed E-state index contributed by atoms with van der Waals surface area (Å²) in [6.07, 6.45) is 2.83. The van der Waals surface area contributed by atoms with Crippen molar-refractivity contribution in [1.82, 2.24) is 0 Å². The highest BCUT2D eigenvalue weighted by Crippen LogP contribution is 2.15. The Labute approximate surface area is 101 Å². The number of aliphatic hydroxyl groups excluding tert-OH is 1. The molecule has 0 bridgehead atoms. The minimum Gasteiger partial charge on any atom is -0.395 e. The van der Waals surface area contributed by atoms with Crippen LogP contribution in [0.15, 0.2) is 11.4 Å². The van der Waals surface area contributed by atoms with Gasteiger partial charge in [-0.25, -0.2) is 0 Å². The van der Waals surface area contributed by atoms with Gasteiger partial charge in [-0.15, -0.1) is 11.3 Å². The monoisotopic (exact) mass is 238 g/mol. The fourth-order valence-corrected chi connectivity index (χ4v) is 1.91. The molecule has 0 saturated carbocycles. The molecule has 0 aliphatic carbocycles. The van der Waals surface area contributed by atoms with E-state index in [4.69, 9.17) is 9.84 Å². The third kappa shape index (κ3) is 5.32. The summed E-state index contributed by atoms with van der Waals surface area (Å²) in [5.41, 5.74) is 1.02. The zero-order chi connectivity index (χ0) is 11.6. The van der Waals surface area contributed by atoms with Crippen molar-refractivity contribution in [3.8, 4) is 11.8 Å². The van der Waals surface area contributed by atoms with E-state index in [1.165, 1.54) is 11.3 Å². The van der Waals surface area contributed by atoms with Crippen LogP contribution in [0.3, 0.4) is 0 Å². The van der Waals surface area contributed by atoms with Gasteiger partial charge in [0, 0.05) is 28.8 Å². The van der Waals surface area contributed by atoms with Gasteiger partial charge in [-0.1, -0.05) is 25.2 Å². The molecule has 2 nitrogen and oxygen atoms in total. The molecule has 0 aliphatic heterocycles. The van der Waals surface area contributed by atoms with Gasteiger partial charge in [0.2, 0.25) is 0 Å². The van der Waals surface area contributed by atoms with E-state index in [1.54, 1.807) is 11.3 Å². The molecule has 0 amide bonds. The van der Waals surface area contributed by atoms with E-state index in [-0.39, 0.29) is 6.61 Å². The predicted molar refractivity (Wildman–Crippen MR) is 67.5 cm³/mol. The van der Waals surface area contributed by atoms with Gasteiger partial charge in [0.1, 0.15) is 0 Å². The standard InChI is InChI=1S/C13H18O2S/c1-2-3-8-15-10-13-9-12(11-16-13)6-4-5-7-14/h9,11,14H,2-3,5,7-8,10H2,1H3. The van der Waals surface area contributed by atoms with Crippen LogP contribution in [-0.4, -0.2) is 18.3 Å². The van der Waals surface area contributed by atoms with E-state index in [2.05, 4.69) is 24.8 Å². The van der Waals surface area contributed by atoms with Crippen molar-refractivity contribution in [3.05, 3.63) is 21.9 Å². The molecule has 0 fully saturated rings. The van der Waals surface area contributed by atoms with E-state index in [1.807, 2.05) is 5.38 Å². The lowest BCUT2D eigenvalue weighted by Crippen LogP contribution is -1.92. The predicted octanol–water partition coefficient (Wildman–Crippen LogP) is 2.80. The first kappa shape index (κ1) is 13.2. The Morgan fingerprint density at radius 3 is 3.12 bits per heavy atom. The van der Waals surface area contributed by atoms with Gasteiger partial charge >= 0.3 is 0 Å². The fraction of sp³-hybridized carbons (Fsp3) is 0.538. The number of unbranched alkanes of at least 4 members (excludes halogenated alkanes) is 1. The summed E-state index contributed by atoms with van der Waals surface area (Å²) in [6, 6.07) is 2.06. The molecule has 1 N–H and O–H groups in total. The Kier molecular flexibility index (Phi) is 6.91. The lowest BCUT2D eigenvalue weighted by atomic mass is 10.3. The second-order valence-corrected chi connectivity index (χ2v) is 4.48. The Morgan fingerprint density at radius 2 is 2.38 bits per heavy atom. The smallest absolute Gasteiger partial charge is 0.0809 e. The van der Waals surface area contributed by atoms with Crippen molar-refractivity contribution in [3.63, 3.8) is 0 Å². The first-order chi connectivity index (χ1) is 7.86. The molecule has 0 saturated heterocycles. The molecule has 0 atom stereocenters. The average molecular weight is 238 g/mol. The van der Waals surface area contributed by atoms with Gasteiger partial charge in [0.15, 0.2) is 0 Å². The lowest BCUT2D eigenvalue weighted by molar-refractivity contribution is 0.120. The SMILES string of the molecule is CCCCOCc1cc(C#CCCO)cs1. The second kappa shape index (κ2) is 8.35. The zero-order valence-electron chi connectivity index (χ0n) is 9.66. The maximum Gasteiger partial charge on any atom is 0.0809 e. The molecule has 1 heterocycles. The van der Waals surface area contributed by atoms with E-state index < -0.39 is 0 Å². The lowest BCUT2D eigenvalue weighted by Gasteiger charge is -1.99. The van der Waals surface area contributed by atoms with E-state index in [0.29, 0.717) is 13.0 Å². The minimum absolute atomic E-state index is 0.129. The quantitative estimate of drug-likeness (QED) is 0.610. The van der Waals surface area contributed by atoms with Gasteiger partial charge in [-0.2, -0.15) is 0 Å². The van der Waals surface area contributed by atoms with E-state index in [0.717, 1.165) is 18.6 Å². The molecule has 0 radical (unpaired) electrons. The van der Waals surface area contributed by atoms with Crippen LogP contribution < -0.4 is 0 Å². The van der Waals surface area contributed by atoms with Gasteiger partial charge in [0.25, 0.3) is 0 Å². The first-order valence-corrected chi connectivity index (χ1v) is 6.49. The Morgan fingerprint density at radius 1 is 1.50 bits per heavy atom. The maximum atomic E-state index is 8.60. The van der Waals surface area contributed by atoms with Crippen molar-refractivity contribution >= 4 is 11.3 Å². The normalized spacial score (nSPS) is 9.88. The molecule has 0 unspecified atom stereocenters. The number of hydrogen-bond acceptors (Lipinski definition) is 3. The van der Waals surface area contributed by atoms with Crippen LogP contribution in [-0.2, 0) is 11.3 Å². The van der Waals surface area contributed by atoms with Crippen molar-refractivity contribution in [2.75, 3.05) is 13.2 Å². The van der Waals surface area contributed by atoms with Crippen LogP contribution in [0.5, 0.6) is 0 Å². The maximum absolute atomic E-state index is 8.60. The summed E-state index contributed by atoms with van der Waals surface area (Å²) in [5, 5.41) is 10.6. The number of hydrogen-bond donors (Lipinski definition) is 1. The molecule has 1 aromatic rings. The molecular weight excluding hydrogens is 220 g/mol. The van der Waals surface area contributed by atoms with Crippen LogP contribution >= 0.6 is 11.3 Å². The molecule has 3 heteroatoms. The first-order valence-electron chi connectivity index (χ1n) is 5.61. The Hall–Kier alpha value is -0.820. The van der Waals surface area contributed by atoms with Crippen molar-refractivity contribution in [1.29, 1.82) is 0 Å². The molecule has 88 valence electrons. The van der Waals surface area contributed by atoms with Gasteiger partial charge in [0.05, 0.1) is 13.2 Å². The summed E-state index contributed by atoms with van der Waals surface area (Å²) in [4.78, 5) is 1.21. The highest BCUT2D eigenvalue weighted by molar-refractivity contribution is 7.10. The fourth-order valence-electron chi connectivity index (χ4n) is 1.16. The third-order valence-corrected chi connectivity index (χ3v) is 2.92. The summed E-state index contributed by atoms with van der Waals surface area (Å²) < 4.78 is 5.52. The highest BCUT2D eigenvalue weighted by atomic mass is 32.1. The molecule has 0 aliphatic rings. The number of aliphatic hydroxyl groups is 1.